The third-order valence-electron chi connectivity index (χ3n) is 2.55. The molecular weight excluding hydrogens is 228 g/mol. The lowest BCUT2D eigenvalue weighted by Gasteiger charge is -2.08. The average molecular weight is 240 g/mol. The summed E-state index contributed by atoms with van der Waals surface area (Å²) in [5.41, 5.74) is 1.78. The molecule has 2 aromatic rings. The van der Waals surface area contributed by atoms with Crippen molar-refractivity contribution >= 4 is 11.6 Å². The van der Waals surface area contributed by atoms with E-state index in [0.717, 1.165) is 11.3 Å². The van der Waals surface area contributed by atoms with E-state index in [2.05, 4.69) is 10.3 Å². The maximum Gasteiger partial charge on any atom is 0.244 e. The lowest BCUT2D eigenvalue weighted by Crippen LogP contribution is -2.19. The number of carbonyl (C=O) groups is 1. The first-order chi connectivity index (χ1) is 8.70. The van der Waals surface area contributed by atoms with Crippen LogP contribution in [0.4, 0.5) is 5.69 Å². The number of hydrogen-bond donors (Lipinski definition) is 1. The van der Waals surface area contributed by atoms with Crippen molar-refractivity contribution < 1.29 is 4.79 Å². The van der Waals surface area contributed by atoms with Crippen molar-refractivity contribution in [1.29, 1.82) is 5.26 Å². The fourth-order valence-electron chi connectivity index (χ4n) is 1.61. The average Bonchev–Trinajstić information content (AvgIpc) is 2.79. The van der Waals surface area contributed by atoms with E-state index in [9.17, 15) is 4.79 Å². The minimum atomic E-state index is -0.182. The van der Waals surface area contributed by atoms with Gasteiger partial charge < -0.3 is 9.88 Å². The number of benzene rings is 1. The van der Waals surface area contributed by atoms with Crippen LogP contribution < -0.4 is 5.32 Å². The topological polar surface area (TPSA) is 70.7 Å². The molecule has 90 valence electrons. The van der Waals surface area contributed by atoms with Crippen LogP contribution in [0.2, 0.25) is 0 Å². The van der Waals surface area contributed by atoms with E-state index < -0.39 is 0 Å². The Balaban J connectivity index is 2.06. The fourth-order valence-corrected chi connectivity index (χ4v) is 1.61. The summed E-state index contributed by atoms with van der Waals surface area (Å²) >= 11 is 0. The second-order valence-corrected chi connectivity index (χ2v) is 3.85. The molecule has 18 heavy (non-hydrogen) atoms. The standard InChI is InChI=1S/C13H12N4O/c1-10-4-2-3-5-11(10)16-13(18)9-17-7-6-15-12(17)8-14/h2-7H,9H2,1H3,(H,16,18). The summed E-state index contributed by atoms with van der Waals surface area (Å²) in [4.78, 5) is 15.7. The molecule has 0 saturated heterocycles. The van der Waals surface area contributed by atoms with Gasteiger partial charge in [0.25, 0.3) is 0 Å². The summed E-state index contributed by atoms with van der Waals surface area (Å²) in [6, 6.07) is 9.46. The molecule has 5 heteroatoms. The highest BCUT2D eigenvalue weighted by Crippen LogP contribution is 2.13. The van der Waals surface area contributed by atoms with Gasteiger partial charge in [-0.3, -0.25) is 4.79 Å². The molecule has 2 rings (SSSR count). The molecule has 5 nitrogen and oxygen atoms in total. The largest absolute Gasteiger partial charge is 0.324 e. The van der Waals surface area contributed by atoms with Gasteiger partial charge in [0.1, 0.15) is 12.6 Å². The highest BCUT2D eigenvalue weighted by atomic mass is 16.1. The first-order valence-electron chi connectivity index (χ1n) is 5.47. The number of anilines is 1. The Morgan fingerprint density at radius 1 is 1.50 bits per heavy atom. The molecule has 1 heterocycles. The van der Waals surface area contributed by atoms with Gasteiger partial charge in [-0.2, -0.15) is 5.26 Å². The van der Waals surface area contributed by atoms with Crippen LogP contribution in [0, 0.1) is 18.3 Å². The Hall–Kier alpha value is -2.61. The Labute approximate surface area is 105 Å². The van der Waals surface area contributed by atoms with Crippen molar-refractivity contribution in [3.05, 3.63) is 48.0 Å². The molecule has 0 radical (unpaired) electrons. The monoisotopic (exact) mass is 240 g/mol. The Kier molecular flexibility index (Phi) is 3.39. The second-order valence-electron chi connectivity index (χ2n) is 3.85. The molecule has 1 N–H and O–H groups in total. The van der Waals surface area contributed by atoms with Crippen molar-refractivity contribution in [2.75, 3.05) is 5.32 Å². The minimum absolute atomic E-state index is 0.0806. The van der Waals surface area contributed by atoms with E-state index in [1.54, 1.807) is 6.20 Å². The zero-order valence-corrected chi connectivity index (χ0v) is 9.92. The van der Waals surface area contributed by atoms with Crippen LogP contribution in [0.1, 0.15) is 11.4 Å². The van der Waals surface area contributed by atoms with E-state index in [0.29, 0.717) is 0 Å². The molecule has 0 saturated carbocycles. The number of nitrogens with one attached hydrogen (secondary N) is 1. The van der Waals surface area contributed by atoms with Gasteiger partial charge in [-0.1, -0.05) is 18.2 Å². The lowest BCUT2D eigenvalue weighted by molar-refractivity contribution is -0.116. The molecule has 1 aromatic heterocycles. The highest BCUT2D eigenvalue weighted by molar-refractivity contribution is 5.91. The van der Waals surface area contributed by atoms with Gasteiger partial charge in [-0.15, -0.1) is 0 Å². The first-order valence-corrected chi connectivity index (χ1v) is 5.47. The van der Waals surface area contributed by atoms with Crippen LogP contribution in [0.25, 0.3) is 0 Å². The number of nitriles is 1. The molecule has 0 aliphatic rings. The van der Waals surface area contributed by atoms with Gasteiger partial charge in [0.15, 0.2) is 0 Å². The van der Waals surface area contributed by atoms with E-state index in [1.165, 1.54) is 10.8 Å². The number of imidazole rings is 1. The van der Waals surface area contributed by atoms with Crippen molar-refractivity contribution in [2.45, 2.75) is 13.5 Å². The van der Waals surface area contributed by atoms with Crippen LogP contribution >= 0.6 is 0 Å². The van der Waals surface area contributed by atoms with Gasteiger partial charge in [-0.25, -0.2) is 4.98 Å². The molecular formula is C13H12N4O. The number of carbonyl (C=O) groups excluding carboxylic acids is 1. The van der Waals surface area contributed by atoms with Crippen LogP contribution in [-0.2, 0) is 11.3 Å². The molecule has 1 amide bonds. The second kappa shape index (κ2) is 5.15. The van der Waals surface area contributed by atoms with Crippen molar-refractivity contribution in [2.24, 2.45) is 0 Å². The van der Waals surface area contributed by atoms with Gasteiger partial charge in [0, 0.05) is 18.1 Å². The third kappa shape index (κ3) is 2.55. The smallest absolute Gasteiger partial charge is 0.244 e. The van der Waals surface area contributed by atoms with E-state index in [4.69, 9.17) is 5.26 Å². The molecule has 0 fully saturated rings. The van der Waals surface area contributed by atoms with Gasteiger partial charge in [0.2, 0.25) is 11.7 Å². The van der Waals surface area contributed by atoms with E-state index in [-0.39, 0.29) is 18.3 Å². The summed E-state index contributed by atoms with van der Waals surface area (Å²) in [5, 5.41) is 11.6. The van der Waals surface area contributed by atoms with Crippen molar-refractivity contribution in [1.82, 2.24) is 9.55 Å². The predicted octanol–water partition coefficient (Wildman–Crippen LogP) is 1.70. The summed E-state index contributed by atoms with van der Waals surface area (Å²) in [5.74, 6) is 0.0498. The quantitative estimate of drug-likeness (QED) is 0.887. The first kappa shape index (κ1) is 11.9. The number of hydrogen-bond acceptors (Lipinski definition) is 3. The zero-order valence-electron chi connectivity index (χ0n) is 9.92. The molecule has 0 unspecified atom stereocenters. The Morgan fingerprint density at radius 3 is 3.00 bits per heavy atom. The number of para-hydroxylation sites is 1. The maximum absolute atomic E-state index is 11.8. The Bertz CT molecular complexity index is 603. The normalized spacial score (nSPS) is 9.78. The molecule has 0 atom stereocenters. The summed E-state index contributed by atoms with van der Waals surface area (Å²) in [7, 11) is 0. The van der Waals surface area contributed by atoms with E-state index in [1.807, 2.05) is 37.3 Å². The maximum atomic E-state index is 11.8. The number of aryl methyl sites for hydroxylation is 1. The van der Waals surface area contributed by atoms with E-state index >= 15 is 0 Å². The summed E-state index contributed by atoms with van der Waals surface area (Å²) in [6.07, 6.45) is 3.11. The van der Waals surface area contributed by atoms with Crippen LogP contribution in [0.3, 0.4) is 0 Å². The molecule has 0 spiro atoms. The van der Waals surface area contributed by atoms with Crippen LogP contribution in [0.15, 0.2) is 36.7 Å². The number of rotatable bonds is 3. The third-order valence-corrected chi connectivity index (χ3v) is 2.55. The minimum Gasteiger partial charge on any atom is -0.324 e. The highest BCUT2D eigenvalue weighted by Gasteiger charge is 2.08. The fraction of sp³-hybridized carbons (Fsp3) is 0.154. The number of amides is 1. The van der Waals surface area contributed by atoms with Crippen molar-refractivity contribution in [3.8, 4) is 6.07 Å². The molecule has 0 aliphatic heterocycles. The van der Waals surface area contributed by atoms with Gasteiger partial charge >= 0.3 is 0 Å². The van der Waals surface area contributed by atoms with Gasteiger partial charge in [0.05, 0.1) is 0 Å². The Morgan fingerprint density at radius 2 is 2.28 bits per heavy atom. The summed E-state index contributed by atoms with van der Waals surface area (Å²) < 4.78 is 1.51. The van der Waals surface area contributed by atoms with Crippen LogP contribution in [-0.4, -0.2) is 15.5 Å². The predicted molar refractivity (Wildman–Crippen MR) is 66.8 cm³/mol. The SMILES string of the molecule is Cc1ccccc1NC(=O)Cn1ccnc1C#N. The molecule has 1 aromatic carbocycles. The zero-order chi connectivity index (χ0) is 13.0. The lowest BCUT2D eigenvalue weighted by atomic mass is 10.2. The van der Waals surface area contributed by atoms with Crippen LogP contribution in [0.5, 0.6) is 0 Å². The molecule has 0 bridgehead atoms. The van der Waals surface area contributed by atoms with Gasteiger partial charge in [-0.05, 0) is 18.6 Å². The number of nitrogens with zero attached hydrogens (tertiary/aromatic N) is 3. The van der Waals surface area contributed by atoms with Crippen molar-refractivity contribution in [3.63, 3.8) is 0 Å². The summed E-state index contributed by atoms with van der Waals surface area (Å²) in [6.45, 7) is 2.00. The number of aromatic nitrogens is 2. The molecule has 0 aliphatic carbocycles.